The minimum Gasteiger partial charge on any atom is -0.366 e. The number of amides is 1. The summed E-state index contributed by atoms with van der Waals surface area (Å²) in [5, 5.41) is 1.98. The molecule has 7 heteroatoms. The van der Waals surface area contributed by atoms with E-state index in [9.17, 15) is 9.18 Å². The number of aromatic nitrogens is 1. The Morgan fingerprint density at radius 2 is 1.83 bits per heavy atom. The van der Waals surface area contributed by atoms with Crippen molar-refractivity contribution in [2.75, 3.05) is 31.1 Å². The fourth-order valence-electron chi connectivity index (χ4n) is 3.44. The average Bonchev–Trinajstić information content (AvgIpc) is 3.21. The van der Waals surface area contributed by atoms with E-state index >= 15 is 0 Å². The summed E-state index contributed by atoms with van der Waals surface area (Å²) in [5.41, 5.74) is 3.96. The van der Waals surface area contributed by atoms with Crippen LogP contribution in [0.4, 0.5) is 10.1 Å². The Hall–Kier alpha value is -2.38. The Bertz CT molecular complexity index is 998. The highest BCUT2D eigenvalue weighted by atomic mass is 32.2. The minimum atomic E-state index is -0.213. The fourth-order valence-corrected chi connectivity index (χ4v) is 5.24. The molecule has 1 aliphatic heterocycles. The van der Waals surface area contributed by atoms with Crippen LogP contribution in [0.5, 0.6) is 0 Å². The number of nitrogens with zero attached hydrogens (tertiary/aromatic N) is 3. The summed E-state index contributed by atoms with van der Waals surface area (Å²) in [4.78, 5) is 21.2. The molecule has 0 radical (unpaired) electrons. The molecule has 4 rings (SSSR count). The van der Waals surface area contributed by atoms with Gasteiger partial charge in [-0.3, -0.25) is 4.79 Å². The van der Waals surface area contributed by atoms with Gasteiger partial charge in [0.2, 0.25) is 5.91 Å². The van der Waals surface area contributed by atoms with Gasteiger partial charge in [-0.25, -0.2) is 9.37 Å². The lowest BCUT2D eigenvalue weighted by Crippen LogP contribution is -2.49. The first-order valence-corrected chi connectivity index (χ1v) is 11.8. The third-order valence-electron chi connectivity index (χ3n) is 5.17. The van der Waals surface area contributed by atoms with Crippen molar-refractivity contribution in [3.05, 3.63) is 76.5 Å². The van der Waals surface area contributed by atoms with Crippen LogP contribution in [0.3, 0.4) is 0 Å². The molecule has 4 nitrogen and oxygen atoms in total. The standard InChI is InChI=1S/C23H24FN3OS2/c1-17-6-8-18(9-7-17)15-29-23-25-19(16-30-23)14-22(28)27-12-10-26(11-13-27)21-5-3-2-4-20(21)24/h2-9,16H,10-15H2,1H3. The predicted octanol–water partition coefficient (Wildman–Crippen LogP) is 4.77. The number of thiazole rings is 1. The molecule has 0 atom stereocenters. The molecular formula is C23H24FN3OS2. The van der Waals surface area contributed by atoms with Gasteiger partial charge in [0.25, 0.3) is 0 Å². The molecule has 0 saturated carbocycles. The van der Waals surface area contributed by atoms with Gasteiger partial charge in [-0.1, -0.05) is 53.7 Å². The molecule has 0 unspecified atom stereocenters. The Kier molecular flexibility index (Phi) is 6.69. The van der Waals surface area contributed by atoms with E-state index < -0.39 is 0 Å². The summed E-state index contributed by atoms with van der Waals surface area (Å²) in [5.74, 6) is 0.748. The lowest BCUT2D eigenvalue weighted by atomic mass is 10.2. The number of hydrogen-bond acceptors (Lipinski definition) is 5. The van der Waals surface area contributed by atoms with E-state index in [2.05, 4.69) is 36.2 Å². The quantitative estimate of drug-likeness (QED) is 0.516. The SMILES string of the molecule is Cc1ccc(CSc2nc(CC(=O)N3CCN(c4ccccc4F)CC3)cs2)cc1. The summed E-state index contributed by atoms with van der Waals surface area (Å²) >= 11 is 3.29. The van der Waals surface area contributed by atoms with E-state index in [-0.39, 0.29) is 11.7 Å². The van der Waals surface area contributed by atoms with Gasteiger partial charge in [0.1, 0.15) is 10.2 Å². The third kappa shape index (κ3) is 5.21. The first-order chi connectivity index (χ1) is 14.6. The lowest BCUT2D eigenvalue weighted by Gasteiger charge is -2.36. The summed E-state index contributed by atoms with van der Waals surface area (Å²) in [6.45, 7) is 4.57. The molecule has 30 heavy (non-hydrogen) atoms. The van der Waals surface area contributed by atoms with Gasteiger partial charge >= 0.3 is 0 Å². The maximum Gasteiger partial charge on any atom is 0.228 e. The number of halogens is 1. The van der Waals surface area contributed by atoms with Crippen molar-refractivity contribution in [2.45, 2.75) is 23.4 Å². The number of para-hydroxylation sites is 1. The van der Waals surface area contributed by atoms with E-state index in [0.717, 1.165) is 15.8 Å². The van der Waals surface area contributed by atoms with Gasteiger partial charge in [-0.2, -0.15) is 0 Å². The molecule has 3 aromatic rings. The number of benzene rings is 2. The van der Waals surface area contributed by atoms with Crippen molar-refractivity contribution < 1.29 is 9.18 Å². The first kappa shape index (κ1) is 20.9. The molecule has 1 aliphatic rings. The molecule has 2 aromatic carbocycles. The summed E-state index contributed by atoms with van der Waals surface area (Å²) in [7, 11) is 0. The molecule has 2 heterocycles. The summed E-state index contributed by atoms with van der Waals surface area (Å²) < 4.78 is 15.0. The van der Waals surface area contributed by atoms with Crippen molar-refractivity contribution in [1.29, 1.82) is 0 Å². The number of rotatable bonds is 6. The van der Waals surface area contributed by atoms with Crippen LogP contribution in [-0.2, 0) is 17.0 Å². The number of anilines is 1. The number of hydrogen-bond donors (Lipinski definition) is 0. The Labute approximate surface area is 184 Å². The van der Waals surface area contributed by atoms with Crippen LogP contribution >= 0.6 is 23.1 Å². The van der Waals surface area contributed by atoms with Crippen molar-refractivity contribution in [1.82, 2.24) is 9.88 Å². The van der Waals surface area contributed by atoms with Crippen LogP contribution in [0.25, 0.3) is 0 Å². The zero-order valence-electron chi connectivity index (χ0n) is 16.9. The first-order valence-electron chi connectivity index (χ1n) is 9.98. The van der Waals surface area contributed by atoms with Crippen molar-refractivity contribution in [2.24, 2.45) is 0 Å². The van der Waals surface area contributed by atoms with Crippen LogP contribution in [0.1, 0.15) is 16.8 Å². The maximum atomic E-state index is 14.0. The molecule has 1 fully saturated rings. The van der Waals surface area contributed by atoms with Crippen LogP contribution in [0.2, 0.25) is 0 Å². The van der Waals surface area contributed by atoms with Gasteiger partial charge < -0.3 is 9.80 Å². The smallest absolute Gasteiger partial charge is 0.228 e. The number of aryl methyl sites for hydroxylation is 1. The van der Waals surface area contributed by atoms with Gasteiger partial charge in [0.15, 0.2) is 0 Å². The number of carbonyl (C=O) groups excluding carboxylic acids is 1. The Morgan fingerprint density at radius 3 is 2.57 bits per heavy atom. The number of thioether (sulfide) groups is 1. The molecular weight excluding hydrogens is 417 g/mol. The van der Waals surface area contributed by atoms with Crippen molar-refractivity contribution >= 4 is 34.7 Å². The van der Waals surface area contributed by atoms with Crippen LogP contribution in [0.15, 0.2) is 58.3 Å². The summed E-state index contributed by atoms with van der Waals surface area (Å²) in [6, 6.07) is 15.3. The third-order valence-corrected chi connectivity index (χ3v) is 7.31. The molecule has 0 spiro atoms. The number of piperazine rings is 1. The van der Waals surface area contributed by atoms with Gasteiger partial charge in [0, 0.05) is 37.3 Å². The lowest BCUT2D eigenvalue weighted by molar-refractivity contribution is -0.130. The van der Waals surface area contributed by atoms with Crippen molar-refractivity contribution in [3.8, 4) is 0 Å². The summed E-state index contributed by atoms with van der Waals surface area (Å²) in [6.07, 6.45) is 0.321. The molecule has 1 aromatic heterocycles. The average molecular weight is 442 g/mol. The predicted molar refractivity (Wildman–Crippen MR) is 122 cm³/mol. The number of carbonyl (C=O) groups is 1. The molecule has 1 amide bonds. The highest BCUT2D eigenvalue weighted by molar-refractivity contribution is 8.00. The van der Waals surface area contributed by atoms with Crippen LogP contribution in [0, 0.1) is 12.7 Å². The fraction of sp³-hybridized carbons (Fsp3) is 0.304. The van der Waals surface area contributed by atoms with E-state index in [1.807, 2.05) is 21.2 Å². The highest BCUT2D eigenvalue weighted by Crippen LogP contribution is 2.27. The van der Waals surface area contributed by atoms with E-state index in [1.165, 1.54) is 17.2 Å². The Balaban J connectivity index is 1.26. The van der Waals surface area contributed by atoms with Crippen molar-refractivity contribution in [3.63, 3.8) is 0 Å². The second-order valence-corrected chi connectivity index (χ2v) is 9.46. The second-order valence-electron chi connectivity index (χ2n) is 7.38. The monoisotopic (exact) mass is 441 g/mol. The zero-order chi connectivity index (χ0) is 20.9. The largest absolute Gasteiger partial charge is 0.366 e. The van der Waals surface area contributed by atoms with Gasteiger partial charge in [-0.05, 0) is 24.6 Å². The molecule has 1 saturated heterocycles. The molecule has 156 valence electrons. The highest BCUT2D eigenvalue weighted by Gasteiger charge is 2.23. The Morgan fingerprint density at radius 1 is 1.10 bits per heavy atom. The topological polar surface area (TPSA) is 36.4 Å². The zero-order valence-corrected chi connectivity index (χ0v) is 18.5. The van der Waals surface area contributed by atoms with Gasteiger partial charge in [0.05, 0.1) is 17.8 Å². The van der Waals surface area contributed by atoms with E-state index in [0.29, 0.717) is 38.3 Å². The second kappa shape index (κ2) is 9.62. The van der Waals surface area contributed by atoms with E-state index in [1.54, 1.807) is 35.2 Å². The van der Waals surface area contributed by atoms with Crippen LogP contribution in [-0.4, -0.2) is 42.0 Å². The molecule has 0 N–H and O–H groups in total. The molecule has 0 bridgehead atoms. The molecule has 0 aliphatic carbocycles. The van der Waals surface area contributed by atoms with E-state index in [4.69, 9.17) is 0 Å². The maximum absolute atomic E-state index is 14.0. The minimum absolute atomic E-state index is 0.0866. The van der Waals surface area contributed by atoms with Gasteiger partial charge in [-0.15, -0.1) is 11.3 Å². The van der Waals surface area contributed by atoms with Crippen LogP contribution < -0.4 is 4.90 Å². The normalized spacial score (nSPS) is 14.2.